The molecule has 0 aliphatic carbocycles. The normalized spacial score (nSPS) is 11.1. The predicted molar refractivity (Wildman–Crippen MR) is 119 cm³/mol. The highest BCUT2D eigenvalue weighted by atomic mass is 16.5. The third-order valence-electron chi connectivity index (χ3n) is 4.78. The number of nitrogens with zero attached hydrogens (tertiary/aromatic N) is 3. The number of amides is 1. The second kappa shape index (κ2) is 8.71. The van der Waals surface area contributed by atoms with Crippen molar-refractivity contribution in [2.45, 2.75) is 13.8 Å². The smallest absolute Gasteiger partial charge is 0.274 e. The Kier molecular flexibility index (Phi) is 5.66. The van der Waals surface area contributed by atoms with Gasteiger partial charge < -0.3 is 9.15 Å². The lowest BCUT2D eigenvalue weighted by atomic mass is 10.1. The molecule has 0 bridgehead atoms. The third-order valence-corrected chi connectivity index (χ3v) is 4.78. The minimum absolute atomic E-state index is 0.327. The molecule has 2 aromatic heterocycles. The molecule has 7 nitrogen and oxygen atoms in total. The molecule has 2 heterocycles. The fraction of sp³-hybridized carbons (Fsp3) is 0.125. The van der Waals surface area contributed by atoms with Crippen LogP contribution in [0.25, 0.3) is 16.9 Å². The van der Waals surface area contributed by atoms with Crippen LogP contribution in [0.3, 0.4) is 0 Å². The van der Waals surface area contributed by atoms with Gasteiger partial charge in [0, 0.05) is 17.3 Å². The molecule has 0 fully saturated rings. The van der Waals surface area contributed by atoms with Gasteiger partial charge in [-0.05, 0) is 56.3 Å². The fourth-order valence-corrected chi connectivity index (χ4v) is 3.24. The maximum absolute atomic E-state index is 12.4. The van der Waals surface area contributed by atoms with Crippen LogP contribution in [0.15, 0.2) is 76.4 Å². The van der Waals surface area contributed by atoms with Crippen molar-refractivity contribution < 1.29 is 13.9 Å². The molecule has 1 amide bonds. The van der Waals surface area contributed by atoms with Gasteiger partial charge in [-0.2, -0.15) is 10.2 Å². The molecule has 1 N–H and O–H groups in total. The van der Waals surface area contributed by atoms with Gasteiger partial charge in [0.1, 0.15) is 23.0 Å². The number of furan rings is 1. The number of aromatic nitrogens is 2. The molecule has 0 atom stereocenters. The number of para-hydroxylation sites is 1. The summed E-state index contributed by atoms with van der Waals surface area (Å²) in [5, 5.41) is 8.89. The summed E-state index contributed by atoms with van der Waals surface area (Å²) in [5.74, 6) is 1.67. The van der Waals surface area contributed by atoms with E-state index >= 15 is 0 Å². The van der Waals surface area contributed by atoms with E-state index in [1.54, 1.807) is 37.9 Å². The Morgan fingerprint density at radius 2 is 1.87 bits per heavy atom. The summed E-state index contributed by atoms with van der Waals surface area (Å²) in [6.07, 6.45) is 3.46. The van der Waals surface area contributed by atoms with E-state index in [-0.39, 0.29) is 5.91 Å². The summed E-state index contributed by atoms with van der Waals surface area (Å²) in [6.45, 7) is 3.55. The number of rotatable bonds is 6. The van der Waals surface area contributed by atoms with Crippen LogP contribution in [-0.4, -0.2) is 29.0 Å². The fourth-order valence-electron chi connectivity index (χ4n) is 3.24. The van der Waals surface area contributed by atoms with Crippen molar-refractivity contribution in [3.63, 3.8) is 0 Å². The number of carbonyl (C=O) groups is 1. The Labute approximate surface area is 180 Å². The van der Waals surface area contributed by atoms with E-state index in [1.165, 1.54) is 0 Å². The van der Waals surface area contributed by atoms with Crippen molar-refractivity contribution in [1.29, 1.82) is 0 Å². The van der Waals surface area contributed by atoms with Crippen LogP contribution in [-0.2, 0) is 0 Å². The van der Waals surface area contributed by atoms with E-state index in [2.05, 4.69) is 10.5 Å². The minimum atomic E-state index is -0.327. The van der Waals surface area contributed by atoms with Gasteiger partial charge in [-0.3, -0.25) is 4.79 Å². The molecule has 4 rings (SSSR count). The van der Waals surface area contributed by atoms with Gasteiger partial charge in [-0.1, -0.05) is 18.2 Å². The van der Waals surface area contributed by atoms with E-state index in [9.17, 15) is 4.79 Å². The summed E-state index contributed by atoms with van der Waals surface area (Å²) in [7, 11) is 1.63. The first kappa shape index (κ1) is 20.2. The molecule has 0 saturated carbocycles. The van der Waals surface area contributed by atoms with Gasteiger partial charge >= 0.3 is 0 Å². The second-order valence-electron chi connectivity index (χ2n) is 6.97. The summed E-state index contributed by atoms with van der Waals surface area (Å²) in [6, 6.07) is 19.1. The highest BCUT2D eigenvalue weighted by Crippen LogP contribution is 2.25. The summed E-state index contributed by atoms with van der Waals surface area (Å²) < 4.78 is 12.4. The van der Waals surface area contributed by atoms with Crippen LogP contribution in [0.5, 0.6) is 5.75 Å². The molecule has 31 heavy (non-hydrogen) atoms. The quantitative estimate of drug-likeness (QED) is 0.371. The van der Waals surface area contributed by atoms with Crippen molar-refractivity contribution in [3.8, 4) is 22.7 Å². The van der Waals surface area contributed by atoms with E-state index in [1.807, 2.05) is 60.8 Å². The first-order valence-electron chi connectivity index (χ1n) is 9.75. The molecule has 7 heteroatoms. The zero-order valence-corrected chi connectivity index (χ0v) is 17.5. The topological polar surface area (TPSA) is 81.6 Å². The SMILES string of the molecule is COc1ccc(-c2nn(-c3ccccc3)cc2/C=N/NC(=O)c2cc(C)oc2C)cc1. The lowest BCUT2D eigenvalue weighted by Gasteiger charge is -2.02. The van der Waals surface area contributed by atoms with Crippen molar-refractivity contribution in [1.82, 2.24) is 15.2 Å². The van der Waals surface area contributed by atoms with Crippen LogP contribution in [0.1, 0.15) is 27.4 Å². The molecular formula is C24H22N4O3. The molecule has 0 saturated heterocycles. The van der Waals surface area contributed by atoms with Crippen molar-refractivity contribution in [3.05, 3.63) is 89.5 Å². The Bertz CT molecular complexity index is 1220. The molecule has 2 aromatic carbocycles. The number of nitrogens with one attached hydrogen (secondary N) is 1. The predicted octanol–water partition coefficient (Wildman–Crippen LogP) is 4.52. The van der Waals surface area contributed by atoms with E-state index in [0.29, 0.717) is 17.1 Å². The average molecular weight is 414 g/mol. The maximum atomic E-state index is 12.4. The number of carbonyl (C=O) groups excluding carboxylic acids is 1. The van der Waals surface area contributed by atoms with Gasteiger partial charge in [-0.15, -0.1) is 0 Å². The monoisotopic (exact) mass is 414 g/mol. The van der Waals surface area contributed by atoms with Gasteiger partial charge in [0.2, 0.25) is 0 Å². The molecule has 0 spiro atoms. The number of aryl methyl sites for hydroxylation is 2. The highest BCUT2D eigenvalue weighted by Gasteiger charge is 2.14. The van der Waals surface area contributed by atoms with Crippen LogP contribution in [0.2, 0.25) is 0 Å². The molecule has 0 aliphatic rings. The van der Waals surface area contributed by atoms with E-state index in [0.717, 1.165) is 28.3 Å². The highest BCUT2D eigenvalue weighted by molar-refractivity contribution is 5.96. The maximum Gasteiger partial charge on any atom is 0.274 e. The number of hydrogen-bond acceptors (Lipinski definition) is 5. The zero-order chi connectivity index (χ0) is 21.8. The van der Waals surface area contributed by atoms with Crippen LogP contribution in [0, 0.1) is 13.8 Å². The molecule has 0 unspecified atom stereocenters. The van der Waals surface area contributed by atoms with Gasteiger partial charge in [0.15, 0.2) is 0 Å². The lowest BCUT2D eigenvalue weighted by Crippen LogP contribution is -2.17. The van der Waals surface area contributed by atoms with Crippen molar-refractivity contribution in [2.24, 2.45) is 5.10 Å². The van der Waals surface area contributed by atoms with Gasteiger partial charge in [0.05, 0.1) is 24.6 Å². The van der Waals surface area contributed by atoms with Gasteiger partial charge in [-0.25, -0.2) is 10.1 Å². The minimum Gasteiger partial charge on any atom is -0.497 e. The summed E-state index contributed by atoms with van der Waals surface area (Å²) in [5.41, 5.74) is 6.35. The second-order valence-corrected chi connectivity index (χ2v) is 6.97. The first-order valence-corrected chi connectivity index (χ1v) is 9.75. The summed E-state index contributed by atoms with van der Waals surface area (Å²) in [4.78, 5) is 12.4. The van der Waals surface area contributed by atoms with Crippen molar-refractivity contribution in [2.75, 3.05) is 7.11 Å². The Morgan fingerprint density at radius 3 is 2.52 bits per heavy atom. The average Bonchev–Trinajstić information content (AvgIpc) is 3.37. The number of hydrogen-bond donors (Lipinski definition) is 1. The van der Waals surface area contributed by atoms with Crippen molar-refractivity contribution >= 4 is 12.1 Å². The summed E-state index contributed by atoms with van der Waals surface area (Å²) >= 11 is 0. The van der Waals surface area contributed by atoms with Gasteiger partial charge in [0.25, 0.3) is 5.91 Å². The first-order chi connectivity index (χ1) is 15.0. The van der Waals surface area contributed by atoms with E-state index < -0.39 is 0 Å². The number of ether oxygens (including phenoxy) is 1. The zero-order valence-electron chi connectivity index (χ0n) is 17.5. The largest absolute Gasteiger partial charge is 0.497 e. The number of benzene rings is 2. The lowest BCUT2D eigenvalue weighted by molar-refractivity contribution is 0.0953. The molecule has 0 radical (unpaired) electrons. The molecule has 4 aromatic rings. The molecule has 156 valence electrons. The molecular weight excluding hydrogens is 392 g/mol. The Morgan fingerprint density at radius 1 is 1.13 bits per heavy atom. The number of methoxy groups -OCH3 is 1. The van der Waals surface area contributed by atoms with Crippen LogP contribution >= 0.6 is 0 Å². The van der Waals surface area contributed by atoms with Crippen LogP contribution in [0.4, 0.5) is 0 Å². The van der Waals surface area contributed by atoms with Crippen LogP contribution < -0.4 is 10.2 Å². The third kappa shape index (κ3) is 4.40. The Balaban J connectivity index is 1.64. The Hall–Kier alpha value is -4.13. The standard InChI is InChI=1S/C24H22N4O3/c1-16-13-22(17(2)31-16)24(29)26-25-14-19-15-28(20-7-5-4-6-8-20)27-23(19)18-9-11-21(30-3)12-10-18/h4-15H,1-3H3,(H,26,29)/b25-14+. The van der Waals surface area contributed by atoms with E-state index in [4.69, 9.17) is 14.3 Å². The number of hydrazone groups is 1. The molecule has 0 aliphatic heterocycles.